The maximum absolute atomic E-state index is 5.03. The Morgan fingerprint density at radius 2 is 2.46 bits per heavy atom. The summed E-state index contributed by atoms with van der Waals surface area (Å²) in [5.74, 6) is 2.71. The zero-order chi connectivity index (χ0) is 9.10. The first-order valence-electron chi connectivity index (χ1n) is 4.55. The maximum atomic E-state index is 5.03. The van der Waals surface area contributed by atoms with E-state index in [4.69, 9.17) is 4.52 Å². The summed E-state index contributed by atoms with van der Waals surface area (Å²) in [6, 6.07) is 1.15. The van der Waals surface area contributed by atoms with Gasteiger partial charge in [0.1, 0.15) is 0 Å². The lowest BCUT2D eigenvalue weighted by atomic mass is 10.7. The Morgan fingerprint density at radius 1 is 1.62 bits per heavy atom. The van der Waals surface area contributed by atoms with E-state index >= 15 is 0 Å². The van der Waals surface area contributed by atoms with Gasteiger partial charge in [-0.2, -0.15) is 16.7 Å². The molecule has 0 saturated heterocycles. The standard InChI is InChI=1S/C8H13N3OS/c1-2-13-5-7-10-8(12-11-7)9-6-3-4-6/h6H,2-5H2,1H3,(H,9,10,11). The minimum atomic E-state index is 0.576. The largest absolute Gasteiger partial charge is 0.335 e. The number of anilines is 1. The molecule has 0 bridgehead atoms. The van der Waals surface area contributed by atoms with Crippen molar-refractivity contribution in [2.75, 3.05) is 11.1 Å². The van der Waals surface area contributed by atoms with E-state index in [9.17, 15) is 0 Å². The fraction of sp³-hybridized carbons (Fsp3) is 0.750. The smallest absolute Gasteiger partial charge is 0.321 e. The molecule has 1 fully saturated rings. The van der Waals surface area contributed by atoms with Crippen LogP contribution in [0.2, 0.25) is 0 Å². The summed E-state index contributed by atoms with van der Waals surface area (Å²) in [6.07, 6.45) is 2.45. The Morgan fingerprint density at radius 3 is 3.15 bits per heavy atom. The highest BCUT2D eigenvalue weighted by Gasteiger charge is 2.23. The van der Waals surface area contributed by atoms with Gasteiger partial charge in [-0.1, -0.05) is 12.1 Å². The molecule has 4 nitrogen and oxygen atoms in total. The molecule has 1 N–H and O–H groups in total. The van der Waals surface area contributed by atoms with Crippen molar-refractivity contribution in [2.24, 2.45) is 0 Å². The van der Waals surface area contributed by atoms with Crippen LogP contribution in [-0.4, -0.2) is 21.9 Å². The number of nitrogens with zero attached hydrogens (tertiary/aromatic N) is 2. The van der Waals surface area contributed by atoms with Gasteiger partial charge in [0.15, 0.2) is 5.82 Å². The summed E-state index contributed by atoms with van der Waals surface area (Å²) in [5.41, 5.74) is 0. The number of thioether (sulfide) groups is 1. The average Bonchev–Trinajstić information content (AvgIpc) is 2.81. The number of hydrogen-bond donors (Lipinski definition) is 1. The first-order valence-corrected chi connectivity index (χ1v) is 5.71. The van der Waals surface area contributed by atoms with Crippen LogP contribution in [0.25, 0.3) is 0 Å². The zero-order valence-electron chi connectivity index (χ0n) is 7.62. The topological polar surface area (TPSA) is 51.0 Å². The second-order valence-corrected chi connectivity index (χ2v) is 4.35. The highest BCUT2D eigenvalue weighted by molar-refractivity contribution is 7.98. The summed E-state index contributed by atoms with van der Waals surface area (Å²) in [4.78, 5) is 4.22. The summed E-state index contributed by atoms with van der Waals surface area (Å²) in [7, 11) is 0. The Bertz CT molecular complexity index is 272. The molecule has 13 heavy (non-hydrogen) atoms. The van der Waals surface area contributed by atoms with Crippen molar-refractivity contribution in [1.82, 2.24) is 10.1 Å². The lowest BCUT2D eigenvalue weighted by Gasteiger charge is -1.92. The van der Waals surface area contributed by atoms with Crippen molar-refractivity contribution in [3.8, 4) is 0 Å². The first-order chi connectivity index (χ1) is 6.38. The molecule has 0 aromatic carbocycles. The van der Waals surface area contributed by atoms with E-state index in [2.05, 4.69) is 22.4 Å². The molecule has 0 spiro atoms. The van der Waals surface area contributed by atoms with E-state index < -0.39 is 0 Å². The van der Waals surface area contributed by atoms with Crippen LogP contribution in [-0.2, 0) is 5.75 Å². The summed E-state index contributed by atoms with van der Waals surface area (Å²) in [6.45, 7) is 2.12. The minimum absolute atomic E-state index is 0.576. The Labute approximate surface area is 81.5 Å². The van der Waals surface area contributed by atoms with Crippen molar-refractivity contribution in [1.29, 1.82) is 0 Å². The average molecular weight is 199 g/mol. The van der Waals surface area contributed by atoms with Gasteiger partial charge in [-0.15, -0.1) is 0 Å². The van der Waals surface area contributed by atoms with Crippen molar-refractivity contribution in [2.45, 2.75) is 31.6 Å². The number of aromatic nitrogens is 2. The molecular formula is C8H13N3OS. The summed E-state index contributed by atoms with van der Waals surface area (Å²) in [5, 5.41) is 7.03. The molecule has 1 aliphatic rings. The molecule has 1 aromatic rings. The van der Waals surface area contributed by atoms with Gasteiger partial charge in [0.2, 0.25) is 0 Å². The predicted molar refractivity (Wildman–Crippen MR) is 52.8 cm³/mol. The van der Waals surface area contributed by atoms with Crippen molar-refractivity contribution in [3.05, 3.63) is 5.82 Å². The van der Waals surface area contributed by atoms with Crippen molar-refractivity contribution in [3.63, 3.8) is 0 Å². The molecule has 0 aliphatic heterocycles. The van der Waals surface area contributed by atoms with Gasteiger partial charge in [0, 0.05) is 6.04 Å². The Kier molecular flexibility index (Phi) is 2.73. The van der Waals surface area contributed by atoms with Gasteiger partial charge < -0.3 is 9.84 Å². The second-order valence-electron chi connectivity index (χ2n) is 3.07. The monoisotopic (exact) mass is 199 g/mol. The highest BCUT2D eigenvalue weighted by Crippen LogP contribution is 2.23. The molecule has 1 aliphatic carbocycles. The zero-order valence-corrected chi connectivity index (χ0v) is 8.43. The maximum Gasteiger partial charge on any atom is 0.321 e. The second kappa shape index (κ2) is 4.00. The van der Waals surface area contributed by atoms with E-state index in [0.717, 1.165) is 17.3 Å². The van der Waals surface area contributed by atoms with E-state index in [1.54, 1.807) is 11.8 Å². The van der Waals surface area contributed by atoms with Crippen LogP contribution < -0.4 is 5.32 Å². The number of rotatable bonds is 5. The van der Waals surface area contributed by atoms with Gasteiger partial charge in [-0.3, -0.25) is 0 Å². The molecule has 5 heteroatoms. The van der Waals surface area contributed by atoms with Gasteiger partial charge in [0.25, 0.3) is 0 Å². The van der Waals surface area contributed by atoms with Crippen LogP contribution in [0.15, 0.2) is 4.52 Å². The van der Waals surface area contributed by atoms with E-state index in [1.807, 2.05) is 0 Å². The third-order valence-corrected chi connectivity index (χ3v) is 2.68. The minimum Gasteiger partial charge on any atom is -0.335 e. The normalized spacial score (nSPS) is 16.1. The van der Waals surface area contributed by atoms with Crippen LogP contribution in [0.5, 0.6) is 0 Å². The molecule has 1 heterocycles. The van der Waals surface area contributed by atoms with E-state index in [0.29, 0.717) is 12.1 Å². The fourth-order valence-electron chi connectivity index (χ4n) is 0.967. The van der Waals surface area contributed by atoms with Crippen LogP contribution in [0, 0.1) is 0 Å². The molecular weight excluding hydrogens is 186 g/mol. The van der Waals surface area contributed by atoms with Gasteiger partial charge in [-0.25, -0.2) is 0 Å². The van der Waals surface area contributed by atoms with Gasteiger partial charge in [0.05, 0.1) is 5.75 Å². The molecule has 1 aromatic heterocycles. The lowest BCUT2D eigenvalue weighted by Crippen LogP contribution is -2.00. The first kappa shape index (κ1) is 8.87. The molecule has 0 unspecified atom stereocenters. The van der Waals surface area contributed by atoms with Crippen LogP contribution in [0.3, 0.4) is 0 Å². The fourth-order valence-corrected chi connectivity index (χ4v) is 1.47. The van der Waals surface area contributed by atoms with Crippen LogP contribution in [0.1, 0.15) is 25.6 Å². The van der Waals surface area contributed by atoms with E-state index in [1.165, 1.54) is 12.8 Å². The van der Waals surface area contributed by atoms with E-state index in [-0.39, 0.29) is 0 Å². The van der Waals surface area contributed by atoms with Crippen molar-refractivity contribution >= 4 is 17.8 Å². The molecule has 0 amide bonds. The van der Waals surface area contributed by atoms with Gasteiger partial charge >= 0.3 is 6.01 Å². The van der Waals surface area contributed by atoms with Crippen LogP contribution in [0.4, 0.5) is 6.01 Å². The van der Waals surface area contributed by atoms with Crippen molar-refractivity contribution < 1.29 is 4.52 Å². The highest BCUT2D eigenvalue weighted by atomic mass is 32.2. The SMILES string of the molecule is CCSCc1noc(NC2CC2)n1. The third-order valence-electron chi connectivity index (χ3n) is 1.81. The third kappa shape index (κ3) is 2.62. The van der Waals surface area contributed by atoms with Gasteiger partial charge in [-0.05, 0) is 18.6 Å². The quantitative estimate of drug-likeness (QED) is 0.784. The number of hydrogen-bond acceptors (Lipinski definition) is 5. The number of nitrogens with one attached hydrogen (secondary N) is 1. The van der Waals surface area contributed by atoms with Crippen LogP contribution >= 0.6 is 11.8 Å². The summed E-state index contributed by atoms with van der Waals surface area (Å²) < 4.78 is 5.03. The Balaban J connectivity index is 1.84. The molecule has 72 valence electrons. The lowest BCUT2D eigenvalue weighted by molar-refractivity contribution is 0.424. The summed E-state index contributed by atoms with van der Waals surface area (Å²) >= 11 is 1.80. The molecule has 0 radical (unpaired) electrons. The molecule has 0 atom stereocenters. The molecule has 1 saturated carbocycles. The Hall–Kier alpha value is -0.710. The predicted octanol–water partition coefficient (Wildman–Crippen LogP) is 1.90. The molecule has 2 rings (SSSR count).